The number of rotatable bonds is 5. The maximum Gasteiger partial charge on any atom is 0.241 e. The fourth-order valence-electron chi connectivity index (χ4n) is 5.24. The van der Waals surface area contributed by atoms with Crippen molar-refractivity contribution >= 4 is 28.5 Å². The van der Waals surface area contributed by atoms with E-state index in [2.05, 4.69) is 26.6 Å². The highest BCUT2D eigenvalue weighted by Gasteiger charge is 2.59. The molecule has 0 radical (unpaired) electrons. The number of aromatic amines is 1. The van der Waals surface area contributed by atoms with Crippen LogP contribution < -0.4 is 15.0 Å². The minimum absolute atomic E-state index is 0.0865. The van der Waals surface area contributed by atoms with Crippen LogP contribution in [0.25, 0.3) is 11.0 Å². The minimum atomic E-state index is -0.782. The first kappa shape index (κ1) is 19.7. The summed E-state index contributed by atoms with van der Waals surface area (Å²) in [5.74, 6) is 0.110. The van der Waals surface area contributed by atoms with Gasteiger partial charge >= 0.3 is 0 Å². The number of aromatic nitrogens is 3. The molecule has 1 aliphatic heterocycles. The summed E-state index contributed by atoms with van der Waals surface area (Å²) in [4.78, 5) is 32.3. The highest BCUT2D eigenvalue weighted by molar-refractivity contribution is 6.11. The van der Waals surface area contributed by atoms with Gasteiger partial charge in [-0.1, -0.05) is 18.2 Å². The summed E-state index contributed by atoms with van der Waals surface area (Å²) in [7, 11) is 0. The number of hydrogen-bond donors (Lipinski definition) is 2. The van der Waals surface area contributed by atoms with Gasteiger partial charge in [-0.2, -0.15) is 10.4 Å². The number of H-pyrrole nitrogens is 1. The molecule has 3 aromatic rings. The summed E-state index contributed by atoms with van der Waals surface area (Å²) in [6, 6.07) is 13.5. The molecule has 2 aliphatic carbocycles. The van der Waals surface area contributed by atoms with Crippen molar-refractivity contribution in [2.75, 3.05) is 11.4 Å². The van der Waals surface area contributed by atoms with Gasteiger partial charge in [0.2, 0.25) is 17.7 Å². The molecule has 2 N–H and O–H groups in total. The van der Waals surface area contributed by atoms with Gasteiger partial charge in [0.15, 0.2) is 0 Å². The summed E-state index contributed by atoms with van der Waals surface area (Å²) in [5.41, 5.74) is 1.78. The number of benzene rings is 1. The second kappa shape index (κ2) is 7.04. The maximum atomic E-state index is 13.6. The van der Waals surface area contributed by atoms with E-state index in [4.69, 9.17) is 4.74 Å². The van der Waals surface area contributed by atoms with Gasteiger partial charge in [-0.25, -0.2) is 4.98 Å². The van der Waals surface area contributed by atoms with Crippen LogP contribution in [-0.4, -0.2) is 45.2 Å². The number of amides is 2. The van der Waals surface area contributed by atoms with Crippen LogP contribution >= 0.6 is 0 Å². The second-order valence-corrected chi connectivity index (χ2v) is 9.19. The molecule has 0 bridgehead atoms. The lowest BCUT2D eigenvalue weighted by molar-refractivity contribution is -0.132. The standard InChI is InChI=1S/C24H22N6O3/c25-14-23(8-3-9-23)28-20(31)13-30-19-5-2-1-4-16(19)24(22(30)32)10-15(11-24)33-21-7-6-17-18(27-21)12-26-29-17/h1-2,4-7,12,15H,3,8-11,13H2,(H,26,29)(H,28,31). The topological polar surface area (TPSA) is 124 Å². The summed E-state index contributed by atoms with van der Waals surface area (Å²) in [6.45, 7) is -0.0920. The van der Waals surface area contributed by atoms with Crippen molar-refractivity contribution in [1.82, 2.24) is 20.5 Å². The van der Waals surface area contributed by atoms with Crippen molar-refractivity contribution in [3.63, 3.8) is 0 Å². The smallest absolute Gasteiger partial charge is 0.241 e. The number of fused-ring (bicyclic) bond motifs is 3. The first-order chi connectivity index (χ1) is 16.0. The van der Waals surface area contributed by atoms with E-state index in [1.807, 2.05) is 30.3 Å². The zero-order valence-corrected chi connectivity index (χ0v) is 17.9. The minimum Gasteiger partial charge on any atom is -0.474 e. The Kier molecular flexibility index (Phi) is 4.21. The Bertz CT molecular complexity index is 1310. The molecule has 166 valence electrons. The predicted octanol–water partition coefficient (Wildman–Crippen LogP) is 2.35. The number of nitriles is 1. The van der Waals surface area contributed by atoms with E-state index in [0.29, 0.717) is 31.6 Å². The molecule has 9 nitrogen and oxygen atoms in total. The Balaban J connectivity index is 1.19. The number of pyridine rings is 1. The number of carbonyl (C=O) groups is 2. The molecule has 0 atom stereocenters. The highest BCUT2D eigenvalue weighted by Crippen LogP contribution is 2.54. The fourth-order valence-corrected chi connectivity index (χ4v) is 5.24. The van der Waals surface area contributed by atoms with Gasteiger partial charge in [-0.05, 0) is 37.0 Å². The van der Waals surface area contributed by atoms with Gasteiger partial charge in [0, 0.05) is 24.6 Å². The largest absolute Gasteiger partial charge is 0.474 e. The van der Waals surface area contributed by atoms with Crippen molar-refractivity contribution in [3.05, 3.63) is 48.2 Å². The predicted molar refractivity (Wildman–Crippen MR) is 118 cm³/mol. The number of anilines is 1. The number of nitrogens with zero attached hydrogens (tertiary/aromatic N) is 4. The summed E-state index contributed by atoms with van der Waals surface area (Å²) < 4.78 is 6.06. The van der Waals surface area contributed by atoms with Gasteiger partial charge in [0.25, 0.3) is 0 Å². The number of para-hydroxylation sites is 1. The average molecular weight is 442 g/mol. The van der Waals surface area contributed by atoms with E-state index in [0.717, 1.165) is 28.7 Å². The Morgan fingerprint density at radius 1 is 1.27 bits per heavy atom. The first-order valence-electron chi connectivity index (χ1n) is 11.1. The fraction of sp³-hybridized carbons (Fsp3) is 0.375. The maximum absolute atomic E-state index is 13.6. The molecule has 0 saturated heterocycles. The van der Waals surface area contributed by atoms with Crippen LogP contribution in [0.5, 0.6) is 5.88 Å². The SMILES string of the molecule is N#CC1(NC(=O)CN2C(=O)C3(CC(Oc4ccc5[nH]ncc5n4)C3)c3ccccc32)CCC1. The molecule has 9 heteroatoms. The number of nitrogens with one attached hydrogen (secondary N) is 2. The lowest BCUT2D eigenvalue weighted by atomic mass is 9.63. The van der Waals surface area contributed by atoms with Crippen molar-refractivity contribution in [3.8, 4) is 11.9 Å². The van der Waals surface area contributed by atoms with E-state index >= 15 is 0 Å². The number of carbonyl (C=O) groups excluding carboxylic acids is 2. The Labute approximate surface area is 189 Å². The third-order valence-electron chi connectivity index (χ3n) is 7.18. The Morgan fingerprint density at radius 3 is 2.85 bits per heavy atom. The Hall–Kier alpha value is -3.93. The van der Waals surface area contributed by atoms with Crippen molar-refractivity contribution in [2.24, 2.45) is 0 Å². The van der Waals surface area contributed by atoms with Crippen molar-refractivity contribution in [2.45, 2.75) is 49.2 Å². The molecule has 2 fully saturated rings. The lowest BCUT2D eigenvalue weighted by Crippen LogP contribution is -2.57. The molecule has 0 unspecified atom stereocenters. The Morgan fingerprint density at radius 2 is 2.09 bits per heavy atom. The monoisotopic (exact) mass is 442 g/mol. The van der Waals surface area contributed by atoms with Gasteiger partial charge in [0.05, 0.1) is 23.2 Å². The molecule has 3 heterocycles. The molecular weight excluding hydrogens is 420 g/mol. The van der Waals surface area contributed by atoms with E-state index in [1.165, 1.54) is 0 Å². The van der Waals surface area contributed by atoms with Crippen LogP contribution in [0.3, 0.4) is 0 Å². The van der Waals surface area contributed by atoms with Gasteiger partial charge in [-0.3, -0.25) is 14.7 Å². The zero-order chi connectivity index (χ0) is 22.6. The van der Waals surface area contributed by atoms with Gasteiger partial charge in [-0.15, -0.1) is 0 Å². The van der Waals surface area contributed by atoms with Crippen molar-refractivity contribution < 1.29 is 14.3 Å². The molecule has 1 aromatic carbocycles. The molecule has 1 spiro atoms. The van der Waals surface area contributed by atoms with Crippen molar-refractivity contribution in [1.29, 1.82) is 5.26 Å². The molecule has 2 aromatic heterocycles. The normalized spacial score (nSPS) is 24.6. The zero-order valence-electron chi connectivity index (χ0n) is 17.9. The molecule has 33 heavy (non-hydrogen) atoms. The van der Waals surface area contributed by atoms with E-state index in [9.17, 15) is 14.9 Å². The second-order valence-electron chi connectivity index (χ2n) is 9.19. The summed E-state index contributed by atoms with van der Waals surface area (Å²) in [5, 5.41) is 19.1. The van der Waals surface area contributed by atoms with Crippen LogP contribution in [0.15, 0.2) is 42.6 Å². The first-order valence-corrected chi connectivity index (χ1v) is 11.1. The molecule has 6 rings (SSSR count). The van der Waals surface area contributed by atoms with Crippen LogP contribution in [0.2, 0.25) is 0 Å². The van der Waals surface area contributed by atoms with Gasteiger partial charge in [0.1, 0.15) is 23.7 Å². The molecular formula is C24H22N6O3. The molecule has 2 amide bonds. The average Bonchev–Trinajstić information content (AvgIpc) is 3.32. The third-order valence-corrected chi connectivity index (χ3v) is 7.18. The lowest BCUT2D eigenvalue weighted by Gasteiger charge is -2.43. The third kappa shape index (κ3) is 2.98. The number of hydrogen-bond acceptors (Lipinski definition) is 6. The van der Waals surface area contributed by atoms with E-state index < -0.39 is 11.0 Å². The van der Waals surface area contributed by atoms with E-state index in [1.54, 1.807) is 17.2 Å². The van der Waals surface area contributed by atoms with Crippen LogP contribution in [0.4, 0.5) is 5.69 Å². The van der Waals surface area contributed by atoms with Crippen LogP contribution in [-0.2, 0) is 15.0 Å². The highest BCUT2D eigenvalue weighted by atomic mass is 16.5. The van der Waals surface area contributed by atoms with E-state index in [-0.39, 0.29) is 24.5 Å². The summed E-state index contributed by atoms with van der Waals surface area (Å²) >= 11 is 0. The summed E-state index contributed by atoms with van der Waals surface area (Å²) in [6.07, 6.45) is 4.77. The van der Waals surface area contributed by atoms with Crippen LogP contribution in [0, 0.1) is 11.3 Å². The quantitative estimate of drug-likeness (QED) is 0.625. The van der Waals surface area contributed by atoms with Crippen LogP contribution in [0.1, 0.15) is 37.7 Å². The molecule has 2 saturated carbocycles. The van der Waals surface area contributed by atoms with Gasteiger partial charge < -0.3 is 15.0 Å². The number of ether oxygens (including phenoxy) is 1. The molecule has 3 aliphatic rings.